The number of nitrogens with zero attached hydrogens (tertiary/aromatic N) is 1. The molecule has 2 N–H and O–H groups in total. The number of carboxylic acid groups (broad SMARTS) is 1. The summed E-state index contributed by atoms with van der Waals surface area (Å²) in [7, 11) is 1.67. The second-order valence-electron chi connectivity index (χ2n) is 7.18. The maximum Gasteiger partial charge on any atom is 0.337 e. The van der Waals surface area contributed by atoms with E-state index < -0.39 is 5.97 Å². The summed E-state index contributed by atoms with van der Waals surface area (Å²) < 4.78 is 7.62. The van der Waals surface area contributed by atoms with Crippen molar-refractivity contribution in [3.63, 3.8) is 0 Å². The first-order valence-electron chi connectivity index (χ1n) is 11.0. The second kappa shape index (κ2) is 14.0. The summed E-state index contributed by atoms with van der Waals surface area (Å²) in [5.74, 6) is 0.337. The van der Waals surface area contributed by atoms with Gasteiger partial charge in [-0.25, -0.2) is 4.79 Å². The highest BCUT2D eigenvalue weighted by Crippen LogP contribution is 2.26. The van der Waals surface area contributed by atoms with E-state index in [2.05, 4.69) is 19.2 Å². The molecule has 0 unspecified atom stereocenters. The van der Waals surface area contributed by atoms with E-state index in [1.54, 1.807) is 19.2 Å². The molecule has 3 aromatic carbocycles. The van der Waals surface area contributed by atoms with Crippen LogP contribution in [0.2, 0.25) is 0 Å². The second-order valence-corrected chi connectivity index (χ2v) is 7.18. The third-order valence-corrected chi connectivity index (χ3v) is 4.40. The van der Waals surface area contributed by atoms with Crippen molar-refractivity contribution >= 4 is 17.9 Å². The van der Waals surface area contributed by atoms with Crippen LogP contribution in [0.1, 0.15) is 41.0 Å². The Morgan fingerprint density at radius 3 is 2.06 bits per heavy atom. The van der Waals surface area contributed by atoms with Crippen LogP contribution in [0.25, 0.3) is 5.69 Å². The fourth-order valence-electron chi connectivity index (χ4n) is 2.84. The summed E-state index contributed by atoms with van der Waals surface area (Å²) in [6, 6.07) is 25.5. The highest BCUT2D eigenvalue weighted by Gasteiger charge is 2.10. The Morgan fingerprint density at radius 1 is 0.912 bits per heavy atom. The average molecular weight is 459 g/mol. The van der Waals surface area contributed by atoms with Crippen molar-refractivity contribution < 1.29 is 19.4 Å². The fourth-order valence-corrected chi connectivity index (χ4v) is 2.84. The molecule has 0 fully saturated rings. The van der Waals surface area contributed by atoms with Crippen LogP contribution >= 0.6 is 0 Å². The average Bonchev–Trinajstić information content (AvgIpc) is 3.40. The Hall–Kier alpha value is -4.32. The van der Waals surface area contributed by atoms with Gasteiger partial charge in [-0.05, 0) is 60.7 Å². The number of nitrogens with one attached hydrogen (secondary N) is 1. The van der Waals surface area contributed by atoms with Crippen LogP contribution in [0, 0.1) is 0 Å². The number of hydrogen-bond acceptors (Lipinski definition) is 4. The van der Waals surface area contributed by atoms with Gasteiger partial charge in [-0.2, -0.15) is 0 Å². The molecule has 6 heteroatoms. The molecule has 0 saturated heterocycles. The normalized spacial score (nSPS) is 9.50. The van der Waals surface area contributed by atoms with E-state index in [0.717, 1.165) is 12.0 Å². The highest BCUT2D eigenvalue weighted by molar-refractivity contribution is 5.94. The predicted molar refractivity (Wildman–Crippen MR) is 137 cm³/mol. The van der Waals surface area contributed by atoms with E-state index >= 15 is 0 Å². The standard InChI is InChI=1S/C14H13NO3.C11H9NO.C3H8/c1-15-13-9-11(7-8-12(13)14(16)17)18-10-5-3-2-4-6-10;13-9-10-3-5-11(6-4-10)12-7-1-2-8-12;1-3-2/h2-9,15H,1H3,(H,16,17);1-9H;3H2,1-2H3. The summed E-state index contributed by atoms with van der Waals surface area (Å²) >= 11 is 0. The van der Waals surface area contributed by atoms with Crippen LogP contribution in [0.5, 0.6) is 11.5 Å². The van der Waals surface area contributed by atoms with Gasteiger partial charge >= 0.3 is 5.97 Å². The van der Waals surface area contributed by atoms with E-state index in [-0.39, 0.29) is 5.56 Å². The van der Waals surface area contributed by atoms with Gasteiger partial charge in [-0.15, -0.1) is 0 Å². The lowest BCUT2D eigenvalue weighted by molar-refractivity contribution is 0.0697. The number of anilines is 1. The van der Waals surface area contributed by atoms with Gasteiger partial charge in [0.15, 0.2) is 0 Å². The lowest BCUT2D eigenvalue weighted by Crippen LogP contribution is -2.02. The number of para-hydroxylation sites is 1. The van der Waals surface area contributed by atoms with Crippen LogP contribution in [-0.4, -0.2) is 29.0 Å². The molecule has 0 aliphatic rings. The summed E-state index contributed by atoms with van der Waals surface area (Å²) in [5, 5.41) is 11.8. The number of rotatable bonds is 6. The number of carboxylic acids is 1. The molecule has 4 aromatic rings. The zero-order chi connectivity index (χ0) is 24.8. The number of aromatic nitrogens is 1. The number of carbonyl (C=O) groups is 2. The zero-order valence-corrected chi connectivity index (χ0v) is 19.6. The van der Waals surface area contributed by atoms with Crippen molar-refractivity contribution in [1.82, 2.24) is 4.57 Å². The minimum Gasteiger partial charge on any atom is -0.478 e. The molecule has 6 nitrogen and oxygen atoms in total. The van der Waals surface area contributed by atoms with Gasteiger partial charge in [0.25, 0.3) is 0 Å². The zero-order valence-electron chi connectivity index (χ0n) is 19.6. The van der Waals surface area contributed by atoms with Crippen molar-refractivity contribution in [3.8, 4) is 17.2 Å². The highest BCUT2D eigenvalue weighted by atomic mass is 16.5. The molecule has 0 aliphatic heterocycles. The number of ether oxygens (including phenoxy) is 1. The largest absolute Gasteiger partial charge is 0.478 e. The predicted octanol–water partition coefficient (Wildman–Crippen LogP) is 6.92. The first-order chi connectivity index (χ1) is 16.5. The first-order valence-corrected chi connectivity index (χ1v) is 11.0. The summed E-state index contributed by atoms with van der Waals surface area (Å²) in [5.41, 5.74) is 2.51. The maximum atomic E-state index is 11.0. The lowest BCUT2D eigenvalue weighted by atomic mass is 10.1. The van der Waals surface area contributed by atoms with Crippen LogP contribution in [0.3, 0.4) is 0 Å². The molecular formula is C28H30N2O4. The lowest BCUT2D eigenvalue weighted by Gasteiger charge is -2.09. The third-order valence-electron chi connectivity index (χ3n) is 4.40. The Morgan fingerprint density at radius 2 is 1.53 bits per heavy atom. The van der Waals surface area contributed by atoms with Crippen LogP contribution in [-0.2, 0) is 0 Å². The summed E-state index contributed by atoms with van der Waals surface area (Å²) in [6.45, 7) is 4.25. The quantitative estimate of drug-likeness (QED) is 0.306. The molecular weight excluding hydrogens is 428 g/mol. The SMILES string of the molecule is CCC.CNc1cc(Oc2ccccc2)ccc1C(=O)O.O=Cc1ccc(-n2cccc2)cc1. The Bertz CT molecular complexity index is 1140. The molecule has 0 saturated carbocycles. The van der Waals surface area contributed by atoms with Crippen molar-refractivity contribution in [3.05, 3.63) is 108 Å². The smallest absolute Gasteiger partial charge is 0.337 e. The molecule has 1 heterocycles. The molecule has 0 bridgehead atoms. The first kappa shape index (κ1) is 25.9. The number of benzene rings is 3. The van der Waals surface area contributed by atoms with Crippen LogP contribution < -0.4 is 10.1 Å². The van der Waals surface area contributed by atoms with Crippen molar-refractivity contribution in [1.29, 1.82) is 0 Å². The number of carbonyl (C=O) groups excluding carboxylic acids is 1. The van der Waals surface area contributed by atoms with Crippen LogP contribution in [0.15, 0.2) is 97.3 Å². The van der Waals surface area contributed by atoms with Gasteiger partial charge in [0.1, 0.15) is 17.8 Å². The molecule has 0 aliphatic carbocycles. The van der Waals surface area contributed by atoms with Gasteiger partial charge in [0.05, 0.1) is 11.3 Å². The van der Waals surface area contributed by atoms with E-state index in [9.17, 15) is 9.59 Å². The Kier molecular flexibility index (Phi) is 10.6. The van der Waals surface area contributed by atoms with E-state index in [1.807, 2.05) is 83.7 Å². The molecule has 4 rings (SSSR count). The van der Waals surface area contributed by atoms with E-state index in [0.29, 0.717) is 22.7 Å². The molecule has 0 radical (unpaired) electrons. The fraction of sp³-hybridized carbons (Fsp3) is 0.143. The Labute approximate surface area is 200 Å². The van der Waals surface area contributed by atoms with Gasteiger partial charge in [-0.3, -0.25) is 4.79 Å². The summed E-state index contributed by atoms with van der Waals surface area (Å²) in [6.07, 6.45) is 6.03. The monoisotopic (exact) mass is 458 g/mol. The molecule has 34 heavy (non-hydrogen) atoms. The Balaban J connectivity index is 0.000000224. The molecule has 0 amide bonds. The van der Waals surface area contributed by atoms with Gasteiger partial charge < -0.3 is 19.7 Å². The third kappa shape index (κ3) is 7.98. The number of hydrogen-bond donors (Lipinski definition) is 2. The molecule has 0 atom stereocenters. The van der Waals surface area contributed by atoms with E-state index in [4.69, 9.17) is 9.84 Å². The number of aldehydes is 1. The van der Waals surface area contributed by atoms with Gasteiger partial charge in [-0.1, -0.05) is 38.5 Å². The molecule has 1 aromatic heterocycles. The molecule has 0 spiro atoms. The van der Waals surface area contributed by atoms with Gasteiger partial charge in [0.2, 0.25) is 0 Å². The minimum absolute atomic E-state index is 0.220. The van der Waals surface area contributed by atoms with E-state index in [1.165, 1.54) is 12.5 Å². The molecule has 176 valence electrons. The van der Waals surface area contributed by atoms with Gasteiger partial charge in [0, 0.05) is 36.8 Å². The van der Waals surface area contributed by atoms with Crippen molar-refractivity contribution in [2.75, 3.05) is 12.4 Å². The maximum absolute atomic E-state index is 11.0. The minimum atomic E-state index is -0.967. The van der Waals surface area contributed by atoms with Crippen LogP contribution in [0.4, 0.5) is 5.69 Å². The number of aromatic carboxylic acids is 1. The van der Waals surface area contributed by atoms with Crippen molar-refractivity contribution in [2.45, 2.75) is 20.3 Å². The topological polar surface area (TPSA) is 80.6 Å². The van der Waals surface area contributed by atoms with Crippen molar-refractivity contribution in [2.24, 2.45) is 0 Å². The summed E-state index contributed by atoms with van der Waals surface area (Å²) in [4.78, 5) is 21.4.